The molecule has 1 fully saturated rings. The highest BCUT2D eigenvalue weighted by molar-refractivity contribution is 5.45. The van der Waals surface area contributed by atoms with Crippen molar-refractivity contribution in [3.63, 3.8) is 0 Å². The van der Waals surface area contributed by atoms with Crippen LogP contribution in [-0.4, -0.2) is 23.1 Å². The highest BCUT2D eigenvalue weighted by Crippen LogP contribution is 2.22. The third-order valence-corrected chi connectivity index (χ3v) is 3.90. The lowest BCUT2D eigenvalue weighted by Crippen LogP contribution is -2.21. The number of aromatic nitrogens is 2. The van der Waals surface area contributed by atoms with Gasteiger partial charge in [-0.15, -0.1) is 0 Å². The van der Waals surface area contributed by atoms with Gasteiger partial charge in [-0.05, 0) is 32.3 Å². The zero-order chi connectivity index (χ0) is 14.7. The summed E-state index contributed by atoms with van der Waals surface area (Å²) in [5, 5.41) is 3.49. The van der Waals surface area contributed by atoms with Gasteiger partial charge in [-0.3, -0.25) is 0 Å². The second-order valence-electron chi connectivity index (χ2n) is 5.67. The number of nitrogens with zero attached hydrogens (tertiary/aromatic N) is 3. The zero-order valence-electron chi connectivity index (χ0n) is 12.7. The minimum atomic E-state index is 0.229. The first kappa shape index (κ1) is 13.9. The van der Waals surface area contributed by atoms with Gasteiger partial charge in [0.25, 0.3) is 0 Å². The van der Waals surface area contributed by atoms with E-state index in [4.69, 9.17) is 0 Å². The summed E-state index contributed by atoms with van der Waals surface area (Å²) in [5.74, 6) is 1.76. The molecule has 1 aromatic carbocycles. The minimum Gasteiger partial charge on any atom is -0.363 e. The molecular weight excluding hydrogens is 260 g/mol. The van der Waals surface area contributed by atoms with Crippen molar-refractivity contribution >= 4 is 11.8 Å². The third kappa shape index (κ3) is 3.32. The molecular formula is C17H22N4. The first-order chi connectivity index (χ1) is 10.2. The summed E-state index contributed by atoms with van der Waals surface area (Å²) < 4.78 is 0. The van der Waals surface area contributed by atoms with Crippen molar-refractivity contribution in [3.8, 4) is 0 Å². The summed E-state index contributed by atoms with van der Waals surface area (Å²) in [6.45, 7) is 6.32. The molecule has 2 heterocycles. The number of benzene rings is 1. The quantitative estimate of drug-likeness (QED) is 0.931. The van der Waals surface area contributed by atoms with Crippen molar-refractivity contribution in [3.05, 3.63) is 47.7 Å². The predicted molar refractivity (Wildman–Crippen MR) is 86.7 cm³/mol. The summed E-state index contributed by atoms with van der Waals surface area (Å²) in [7, 11) is 0. The van der Waals surface area contributed by atoms with E-state index in [1.807, 2.05) is 19.1 Å². The molecule has 1 aliphatic heterocycles. The standard InChI is InChI=1S/C17H22N4/c1-13-12-16(19-14(2)15-8-4-3-5-9-15)20-17(18-13)21-10-6-7-11-21/h3-5,8-9,12,14H,6-7,10-11H2,1-2H3,(H,18,19,20). The molecule has 0 saturated carbocycles. The lowest BCUT2D eigenvalue weighted by atomic mass is 10.1. The predicted octanol–water partition coefficient (Wildman–Crippen LogP) is 3.56. The highest BCUT2D eigenvalue weighted by atomic mass is 15.3. The Bertz CT molecular complexity index is 591. The molecule has 1 N–H and O–H groups in total. The molecule has 1 atom stereocenters. The molecule has 110 valence electrons. The molecule has 21 heavy (non-hydrogen) atoms. The molecule has 1 saturated heterocycles. The van der Waals surface area contributed by atoms with Crippen LogP contribution in [0.5, 0.6) is 0 Å². The largest absolute Gasteiger partial charge is 0.363 e. The summed E-state index contributed by atoms with van der Waals surface area (Å²) in [5.41, 5.74) is 2.27. The highest BCUT2D eigenvalue weighted by Gasteiger charge is 2.16. The molecule has 1 unspecified atom stereocenters. The first-order valence-corrected chi connectivity index (χ1v) is 7.64. The maximum Gasteiger partial charge on any atom is 0.227 e. The Labute approximate surface area is 126 Å². The Morgan fingerprint density at radius 1 is 1.10 bits per heavy atom. The fraction of sp³-hybridized carbons (Fsp3) is 0.412. The number of nitrogens with one attached hydrogen (secondary N) is 1. The summed E-state index contributed by atoms with van der Waals surface area (Å²) in [4.78, 5) is 11.5. The summed E-state index contributed by atoms with van der Waals surface area (Å²) in [6.07, 6.45) is 2.47. The van der Waals surface area contributed by atoms with Crippen molar-refractivity contribution in [1.29, 1.82) is 0 Å². The Morgan fingerprint density at radius 3 is 2.52 bits per heavy atom. The molecule has 3 rings (SSSR count). The topological polar surface area (TPSA) is 41.1 Å². The van der Waals surface area contributed by atoms with E-state index in [-0.39, 0.29) is 6.04 Å². The van der Waals surface area contributed by atoms with Crippen molar-refractivity contribution in [2.24, 2.45) is 0 Å². The Balaban J connectivity index is 1.78. The average Bonchev–Trinajstić information content (AvgIpc) is 3.02. The monoisotopic (exact) mass is 282 g/mol. The van der Waals surface area contributed by atoms with Gasteiger partial charge in [0.1, 0.15) is 5.82 Å². The SMILES string of the molecule is Cc1cc(NC(C)c2ccccc2)nc(N2CCCC2)n1. The van der Waals surface area contributed by atoms with Gasteiger partial charge < -0.3 is 10.2 Å². The summed E-state index contributed by atoms with van der Waals surface area (Å²) in [6, 6.07) is 12.7. The van der Waals surface area contributed by atoms with Crippen LogP contribution in [0.15, 0.2) is 36.4 Å². The van der Waals surface area contributed by atoms with E-state index in [1.54, 1.807) is 0 Å². The van der Waals surface area contributed by atoms with Gasteiger partial charge in [-0.1, -0.05) is 30.3 Å². The van der Waals surface area contributed by atoms with Gasteiger partial charge in [0.05, 0.1) is 0 Å². The Morgan fingerprint density at radius 2 is 1.81 bits per heavy atom. The number of hydrogen-bond acceptors (Lipinski definition) is 4. The van der Waals surface area contributed by atoms with Crippen LogP contribution >= 0.6 is 0 Å². The van der Waals surface area contributed by atoms with Gasteiger partial charge >= 0.3 is 0 Å². The van der Waals surface area contributed by atoms with Crippen molar-refractivity contribution < 1.29 is 0 Å². The minimum absolute atomic E-state index is 0.229. The molecule has 0 amide bonds. The van der Waals surface area contributed by atoms with Gasteiger partial charge in [-0.25, -0.2) is 4.98 Å². The van der Waals surface area contributed by atoms with Gasteiger partial charge in [0.2, 0.25) is 5.95 Å². The van der Waals surface area contributed by atoms with Crippen LogP contribution in [0, 0.1) is 6.92 Å². The van der Waals surface area contributed by atoms with E-state index < -0.39 is 0 Å². The van der Waals surface area contributed by atoms with E-state index in [0.717, 1.165) is 30.5 Å². The Hall–Kier alpha value is -2.10. The van der Waals surface area contributed by atoms with Gasteiger partial charge in [0.15, 0.2) is 0 Å². The van der Waals surface area contributed by atoms with Crippen LogP contribution in [-0.2, 0) is 0 Å². The molecule has 0 spiro atoms. The van der Waals surface area contributed by atoms with Gasteiger partial charge in [-0.2, -0.15) is 4.98 Å². The van der Waals surface area contributed by atoms with E-state index >= 15 is 0 Å². The molecule has 0 aliphatic carbocycles. The van der Waals surface area contributed by atoms with E-state index in [1.165, 1.54) is 18.4 Å². The van der Waals surface area contributed by atoms with Crippen molar-refractivity contribution in [2.45, 2.75) is 32.7 Å². The number of rotatable bonds is 4. The summed E-state index contributed by atoms with van der Waals surface area (Å²) >= 11 is 0. The molecule has 1 aromatic heterocycles. The molecule has 1 aliphatic rings. The van der Waals surface area contributed by atoms with Crippen LogP contribution < -0.4 is 10.2 Å². The smallest absolute Gasteiger partial charge is 0.227 e. The number of anilines is 2. The maximum absolute atomic E-state index is 4.68. The molecule has 2 aromatic rings. The fourth-order valence-electron chi connectivity index (χ4n) is 2.73. The van der Waals surface area contributed by atoms with Crippen molar-refractivity contribution in [2.75, 3.05) is 23.3 Å². The first-order valence-electron chi connectivity index (χ1n) is 7.64. The van der Waals surface area contributed by atoms with Crippen LogP contribution in [0.3, 0.4) is 0 Å². The Kier molecular flexibility index (Phi) is 4.04. The lowest BCUT2D eigenvalue weighted by molar-refractivity contribution is 0.851. The average molecular weight is 282 g/mol. The van der Waals surface area contributed by atoms with E-state index in [0.29, 0.717) is 0 Å². The second-order valence-corrected chi connectivity index (χ2v) is 5.67. The zero-order valence-corrected chi connectivity index (χ0v) is 12.7. The molecule has 0 radical (unpaired) electrons. The van der Waals surface area contributed by atoms with Crippen molar-refractivity contribution in [1.82, 2.24) is 9.97 Å². The fourth-order valence-corrected chi connectivity index (χ4v) is 2.73. The molecule has 4 nitrogen and oxygen atoms in total. The lowest BCUT2D eigenvalue weighted by Gasteiger charge is -2.19. The normalized spacial score (nSPS) is 16.0. The second kappa shape index (κ2) is 6.12. The number of hydrogen-bond donors (Lipinski definition) is 1. The van der Waals surface area contributed by atoms with Crippen LogP contribution in [0.2, 0.25) is 0 Å². The number of aryl methyl sites for hydroxylation is 1. The van der Waals surface area contributed by atoms with Gasteiger partial charge in [0, 0.05) is 30.9 Å². The molecule has 4 heteroatoms. The third-order valence-electron chi connectivity index (χ3n) is 3.90. The maximum atomic E-state index is 4.68. The molecule has 0 bridgehead atoms. The van der Waals surface area contributed by atoms with E-state index in [2.05, 4.69) is 51.4 Å². The van der Waals surface area contributed by atoms with Crippen LogP contribution in [0.1, 0.15) is 37.1 Å². The van der Waals surface area contributed by atoms with Crippen LogP contribution in [0.25, 0.3) is 0 Å². The van der Waals surface area contributed by atoms with E-state index in [9.17, 15) is 0 Å². The van der Waals surface area contributed by atoms with Crippen LogP contribution in [0.4, 0.5) is 11.8 Å².